The van der Waals surface area contributed by atoms with E-state index in [9.17, 15) is 4.79 Å². The van der Waals surface area contributed by atoms with Crippen LogP contribution in [-0.2, 0) is 13.0 Å². The number of imidazole rings is 1. The van der Waals surface area contributed by atoms with E-state index in [2.05, 4.69) is 17.6 Å². The van der Waals surface area contributed by atoms with E-state index in [4.69, 9.17) is 10.1 Å². The molecule has 3 rings (SSSR count). The van der Waals surface area contributed by atoms with Gasteiger partial charge in [0.1, 0.15) is 5.82 Å². The highest BCUT2D eigenvalue weighted by molar-refractivity contribution is 5.87. The Labute approximate surface area is 129 Å². The second-order valence-corrected chi connectivity index (χ2v) is 5.36. The molecule has 4 nitrogen and oxygen atoms in total. The van der Waals surface area contributed by atoms with Gasteiger partial charge in [-0.2, -0.15) is 0 Å². The Hall–Kier alpha value is -2.62. The molecule has 0 amide bonds. The van der Waals surface area contributed by atoms with Gasteiger partial charge in [0.2, 0.25) is 0 Å². The average molecular weight is 294 g/mol. The Bertz CT molecular complexity index is 821. The molecule has 3 aromatic rings. The van der Waals surface area contributed by atoms with Gasteiger partial charge in [0.15, 0.2) is 0 Å². The summed E-state index contributed by atoms with van der Waals surface area (Å²) in [4.78, 5) is 15.8. The predicted molar refractivity (Wildman–Crippen MR) is 86.2 cm³/mol. The molecule has 1 heterocycles. The Balaban J connectivity index is 2.04. The monoisotopic (exact) mass is 294 g/mol. The van der Waals surface area contributed by atoms with Gasteiger partial charge in [0.05, 0.1) is 16.6 Å². The van der Waals surface area contributed by atoms with Gasteiger partial charge in [-0.15, -0.1) is 0 Å². The first-order chi connectivity index (χ1) is 10.7. The van der Waals surface area contributed by atoms with Crippen molar-refractivity contribution in [3.8, 4) is 0 Å². The molecule has 0 unspecified atom stereocenters. The largest absolute Gasteiger partial charge is 0.478 e. The van der Waals surface area contributed by atoms with Crippen molar-refractivity contribution in [1.29, 1.82) is 0 Å². The molecule has 4 heteroatoms. The van der Waals surface area contributed by atoms with Crippen molar-refractivity contribution in [3.05, 3.63) is 65.5 Å². The molecule has 22 heavy (non-hydrogen) atoms. The molecule has 0 radical (unpaired) electrons. The van der Waals surface area contributed by atoms with Crippen molar-refractivity contribution in [2.24, 2.45) is 0 Å². The SMILES string of the molecule is CCCc1nc2ccccc2n1Cc1cccc(C(=O)O)c1. The van der Waals surface area contributed by atoms with E-state index in [1.807, 2.05) is 24.3 Å². The summed E-state index contributed by atoms with van der Waals surface area (Å²) in [5.74, 6) is 0.149. The van der Waals surface area contributed by atoms with Crippen LogP contribution in [0.2, 0.25) is 0 Å². The number of nitrogens with zero attached hydrogens (tertiary/aromatic N) is 2. The number of fused-ring (bicyclic) bond motifs is 1. The molecule has 0 spiro atoms. The Morgan fingerprint density at radius 3 is 2.77 bits per heavy atom. The number of aromatic nitrogens is 2. The van der Waals surface area contributed by atoms with Gasteiger partial charge in [0, 0.05) is 13.0 Å². The fourth-order valence-electron chi connectivity index (χ4n) is 2.70. The number of carbonyl (C=O) groups is 1. The third kappa shape index (κ3) is 2.72. The molecular weight excluding hydrogens is 276 g/mol. The molecule has 2 aromatic carbocycles. The van der Waals surface area contributed by atoms with E-state index < -0.39 is 5.97 Å². The molecule has 0 saturated carbocycles. The number of carboxylic acid groups (broad SMARTS) is 1. The number of aryl methyl sites for hydroxylation is 1. The molecule has 0 aliphatic rings. The van der Waals surface area contributed by atoms with Crippen LogP contribution in [-0.4, -0.2) is 20.6 Å². The lowest BCUT2D eigenvalue weighted by molar-refractivity contribution is 0.0696. The van der Waals surface area contributed by atoms with Gasteiger partial charge < -0.3 is 9.67 Å². The lowest BCUT2D eigenvalue weighted by Crippen LogP contribution is -2.06. The van der Waals surface area contributed by atoms with Gasteiger partial charge in [-0.05, 0) is 36.2 Å². The molecular formula is C18H18N2O2. The topological polar surface area (TPSA) is 55.1 Å². The lowest BCUT2D eigenvalue weighted by Gasteiger charge is -2.09. The second-order valence-electron chi connectivity index (χ2n) is 5.36. The number of para-hydroxylation sites is 2. The van der Waals surface area contributed by atoms with E-state index in [0.717, 1.165) is 35.3 Å². The zero-order valence-electron chi connectivity index (χ0n) is 12.5. The maximum Gasteiger partial charge on any atom is 0.335 e. The minimum atomic E-state index is -0.897. The third-order valence-corrected chi connectivity index (χ3v) is 3.72. The summed E-state index contributed by atoms with van der Waals surface area (Å²) in [5.41, 5.74) is 3.37. The summed E-state index contributed by atoms with van der Waals surface area (Å²) in [5, 5.41) is 9.13. The van der Waals surface area contributed by atoms with E-state index in [1.165, 1.54) is 0 Å². The zero-order valence-corrected chi connectivity index (χ0v) is 12.5. The van der Waals surface area contributed by atoms with Crippen molar-refractivity contribution < 1.29 is 9.90 Å². The van der Waals surface area contributed by atoms with Crippen molar-refractivity contribution in [1.82, 2.24) is 9.55 Å². The first kappa shape index (κ1) is 14.3. The maximum absolute atomic E-state index is 11.1. The van der Waals surface area contributed by atoms with Gasteiger partial charge in [-0.3, -0.25) is 0 Å². The second kappa shape index (κ2) is 6.02. The highest BCUT2D eigenvalue weighted by Gasteiger charge is 2.11. The fraction of sp³-hybridized carbons (Fsp3) is 0.222. The van der Waals surface area contributed by atoms with E-state index in [1.54, 1.807) is 18.2 Å². The van der Waals surface area contributed by atoms with Crippen LogP contribution in [0.3, 0.4) is 0 Å². The Kier molecular flexibility index (Phi) is 3.92. The Morgan fingerprint density at radius 2 is 2.00 bits per heavy atom. The summed E-state index contributed by atoms with van der Waals surface area (Å²) >= 11 is 0. The predicted octanol–water partition coefficient (Wildman–Crippen LogP) is 3.74. The molecule has 0 aliphatic heterocycles. The van der Waals surface area contributed by atoms with Crippen LogP contribution in [0.15, 0.2) is 48.5 Å². The van der Waals surface area contributed by atoms with Crippen LogP contribution < -0.4 is 0 Å². The van der Waals surface area contributed by atoms with Crippen molar-refractivity contribution in [2.75, 3.05) is 0 Å². The van der Waals surface area contributed by atoms with E-state index in [0.29, 0.717) is 12.1 Å². The first-order valence-electron chi connectivity index (χ1n) is 7.45. The van der Waals surface area contributed by atoms with Gasteiger partial charge in [-0.1, -0.05) is 31.2 Å². The summed E-state index contributed by atoms with van der Waals surface area (Å²) < 4.78 is 2.18. The normalized spacial score (nSPS) is 11.0. The van der Waals surface area contributed by atoms with Gasteiger partial charge >= 0.3 is 5.97 Å². The molecule has 0 atom stereocenters. The highest BCUT2D eigenvalue weighted by atomic mass is 16.4. The minimum Gasteiger partial charge on any atom is -0.478 e. The summed E-state index contributed by atoms with van der Waals surface area (Å²) in [7, 11) is 0. The van der Waals surface area contributed by atoms with Crippen LogP contribution in [0.25, 0.3) is 11.0 Å². The van der Waals surface area contributed by atoms with Crippen LogP contribution in [0.1, 0.15) is 35.1 Å². The number of hydrogen-bond donors (Lipinski definition) is 1. The van der Waals surface area contributed by atoms with Crippen LogP contribution >= 0.6 is 0 Å². The molecule has 1 aromatic heterocycles. The van der Waals surface area contributed by atoms with Crippen molar-refractivity contribution >= 4 is 17.0 Å². The molecule has 0 bridgehead atoms. The van der Waals surface area contributed by atoms with Crippen molar-refractivity contribution in [2.45, 2.75) is 26.3 Å². The lowest BCUT2D eigenvalue weighted by atomic mass is 10.1. The number of carboxylic acids is 1. The van der Waals surface area contributed by atoms with E-state index >= 15 is 0 Å². The summed E-state index contributed by atoms with van der Waals surface area (Å²) in [6.07, 6.45) is 1.94. The molecule has 0 aliphatic carbocycles. The first-order valence-corrected chi connectivity index (χ1v) is 7.45. The summed E-state index contributed by atoms with van der Waals surface area (Å²) in [6, 6.07) is 15.2. The average Bonchev–Trinajstić information content (AvgIpc) is 2.86. The van der Waals surface area contributed by atoms with E-state index in [-0.39, 0.29) is 0 Å². The van der Waals surface area contributed by atoms with Gasteiger partial charge in [0.25, 0.3) is 0 Å². The molecule has 1 N–H and O–H groups in total. The smallest absolute Gasteiger partial charge is 0.335 e. The number of aromatic carboxylic acids is 1. The van der Waals surface area contributed by atoms with Gasteiger partial charge in [-0.25, -0.2) is 9.78 Å². The zero-order chi connectivity index (χ0) is 15.5. The maximum atomic E-state index is 11.1. The summed E-state index contributed by atoms with van der Waals surface area (Å²) in [6.45, 7) is 2.77. The molecule has 0 fully saturated rings. The number of hydrogen-bond acceptors (Lipinski definition) is 2. The quantitative estimate of drug-likeness (QED) is 0.780. The minimum absolute atomic E-state index is 0.318. The highest BCUT2D eigenvalue weighted by Crippen LogP contribution is 2.19. The van der Waals surface area contributed by atoms with Crippen LogP contribution in [0, 0.1) is 0 Å². The fourth-order valence-corrected chi connectivity index (χ4v) is 2.70. The van der Waals surface area contributed by atoms with Crippen LogP contribution in [0.4, 0.5) is 0 Å². The van der Waals surface area contributed by atoms with Crippen LogP contribution in [0.5, 0.6) is 0 Å². The standard InChI is InChI=1S/C18H18N2O2/c1-2-6-17-19-15-9-3-4-10-16(15)20(17)12-13-7-5-8-14(11-13)18(21)22/h3-5,7-11H,2,6,12H2,1H3,(H,21,22). The number of rotatable bonds is 5. The van der Waals surface area contributed by atoms with Crippen molar-refractivity contribution in [3.63, 3.8) is 0 Å². The molecule has 112 valence electrons. The molecule has 0 saturated heterocycles. The third-order valence-electron chi connectivity index (χ3n) is 3.72. The number of benzene rings is 2. The Morgan fingerprint density at radius 1 is 1.18 bits per heavy atom.